The molecule has 1 atom stereocenters. The zero-order valence-electron chi connectivity index (χ0n) is 8.36. The number of piperidine rings is 1. The minimum Gasteiger partial charge on any atom is -0.327 e. The Labute approximate surface area is 105 Å². The molecule has 2 heterocycles. The maximum Gasteiger partial charge on any atom is 0.113 e. The molecule has 0 saturated carbocycles. The topological polar surface area (TPSA) is 42.1 Å². The van der Waals surface area contributed by atoms with E-state index in [2.05, 4.69) is 9.88 Å². The number of halogens is 2. The summed E-state index contributed by atoms with van der Waals surface area (Å²) < 4.78 is 0.765. The van der Waals surface area contributed by atoms with Gasteiger partial charge in [-0.25, -0.2) is 4.98 Å². The lowest BCUT2D eigenvalue weighted by atomic mass is 10.1. The average molecular weight is 268 g/mol. The fourth-order valence-electron chi connectivity index (χ4n) is 1.79. The first kappa shape index (κ1) is 13.2. The molecule has 0 aromatic carbocycles. The predicted molar refractivity (Wildman–Crippen MR) is 66.9 cm³/mol. The number of hydrogen-bond donors (Lipinski definition) is 1. The third-order valence-electron chi connectivity index (χ3n) is 2.43. The lowest BCUT2D eigenvalue weighted by Crippen LogP contribution is -2.42. The summed E-state index contributed by atoms with van der Waals surface area (Å²) in [5, 5.41) is 1.09. The summed E-state index contributed by atoms with van der Waals surface area (Å²) in [5.74, 6) is 0. The van der Waals surface area contributed by atoms with Crippen molar-refractivity contribution >= 4 is 35.3 Å². The van der Waals surface area contributed by atoms with Gasteiger partial charge in [-0.3, -0.25) is 4.90 Å². The van der Waals surface area contributed by atoms with E-state index in [4.69, 9.17) is 17.3 Å². The summed E-state index contributed by atoms with van der Waals surface area (Å²) in [6.07, 6.45) is 4.06. The van der Waals surface area contributed by atoms with E-state index in [1.165, 1.54) is 6.42 Å². The van der Waals surface area contributed by atoms with Gasteiger partial charge >= 0.3 is 0 Å². The van der Waals surface area contributed by atoms with Crippen LogP contribution in [-0.4, -0.2) is 29.0 Å². The van der Waals surface area contributed by atoms with Gasteiger partial charge < -0.3 is 5.73 Å². The molecule has 1 aromatic heterocycles. The fourth-order valence-corrected chi connectivity index (χ4v) is 2.79. The standard InChI is InChI=1S/C9H14ClN3S.ClH/c10-8-4-12-9(14-8)6-13-3-1-2-7(11)5-13;/h4,7H,1-3,5-6,11H2;1H. The van der Waals surface area contributed by atoms with E-state index in [-0.39, 0.29) is 12.4 Å². The van der Waals surface area contributed by atoms with E-state index in [0.717, 1.165) is 35.4 Å². The SMILES string of the molecule is Cl.NC1CCCN(Cc2ncc(Cl)s2)C1. The molecular formula is C9H15Cl2N3S. The minimum atomic E-state index is 0. The van der Waals surface area contributed by atoms with Crippen molar-refractivity contribution in [2.24, 2.45) is 5.73 Å². The van der Waals surface area contributed by atoms with Crippen LogP contribution in [0.3, 0.4) is 0 Å². The molecule has 0 radical (unpaired) electrons. The lowest BCUT2D eigenvalue weighted by molar-refractivity contribution is 0.201. The van der Waals surface area contributed by atoms with Crippen LogP contribution in [-0.2, 0) is 6.54 Å². The number of thiazole rings is 1. The average Bonchev–Trinajstić information content (AvgIpc) is 2.51. The number of likely N-dealkylation sites (tertiary alicyclic amines) is 1. The monoisotopic (exact) mass is 267 g/mol. The number of nitrogens with zero attached hydrogens (tertiary/aromatic N) is 2. The molecule has 0 amide bonds. The Balaban J connectivity index is 0.00000112. The molecule has 0 aliphatic carbocycles. The molecular weight excluding hydrogens is 253 g/mol. The first-order valence-electron chi connectivity index (χ1n) is 4.82. The number of hydrogen-bond acceptors (Lipinski definition) is 4. The largest absolute Gasteiger partial charge is 0.327 e. The van der Waals surface area contributed by atoms with Crippen molar-refractivity contribution in [3.63, 3.8) is 0 Å². The van der Waals surface area contributed by atoms with Crippen LogP contribution in [0.4, 0.5) is 0 Å². The van der Waals surface area contributed by atoms with Crippen molar-refractivity contribution in [1.29, 1.82) is 0 Å². The molecule has 0 bridgehead atoms. The molecule has 86 valence electrons. The molecule has 1 unspecified atom stereocenters. The normalized spacial score (nSPS) is 22.4. The highest BCUT2D eigenvalue weighted by molar-refractivity contribution is 7.15. The Morgan fingerprint density at radius 2 is 2.47 bits per heavy atom. The van der Waals surface area contributed by atoms with Crippen LogP contribution in [0.1, 0.15) is 17.8 Å². The van der Waals surface area contributed by atoms with Gasteiger partial charge in [-0.15, -0.1) is 23.7 Å². The van der Waals surface area contributed by atoms with Crippen molar-refractivity contribution in [1.82, 2.24) is 9.88 Å². The molecule has 1 saturated heterocycles. The summed E-state index contributed by atoms with van der Waals surface area (Å²) in [7, 11) is 0. The van der Waals surface area contributed by atoms with Gasteiger partial charge in [0.25, 0.3) is 0 Å². The zero-order valence-corrected chi connectivity index (χ0v) is 10.7. The summed E-state index contributed by atoms with van der Waals surface area (Å²) >= 11 is 7.37. The van der Waals surface area contributed by atoms with Crippen molar-refractivity contribution < 1.29 is 0 Å². The van der Waals surface area contributed by atoms with Gasteiger partial charge in [0.2, 0.25) is 0 Å². The van der Waals surface area contributed by atoms with Gasteiger partial charge in [-0.2, -0.15) is 0 Å². The van der Waals surface area contributed by atoms with Gasteiger partial charge in [-0.1, -0.05) is 11.6 Å². The molecule has 15 heavy (non-hydrogen) atoms. The molecule has 0 spiro atoms. The Kier molecular flexibility index (Phi) is 5.29. The van der Waals surface area contributed by atoms with Gasteiger partial charge in [0, 0.05) is 12.6 Å². The highest BCUT2D eigenvalue weighted by Gasteiger charge is 2.17. The highest BCUT2D eigenvalue weighted by Crippen LogP contribution is 2.20. The maximum atomic E-state index is 5.90. The Morgan fingerprint density at radius 1 is 1.67 bits per heavy atom. The van der Waals surface area contributed by atoms with Crippen LogP contribution in [0.2, 0.25) is 4.34 Å². The molecule has 6 heteroatoms. The second-order valence-electron chi connectivity index (χ2n) is 3.70. The second-order valence-corrected chi connectivity index (χ2v) is 5.44. The van der Waals surface area contributed by atoms with E-state index in [0.29, 0.717) is 6.04 Å². The molecule has 2 N–H and O–H groups in total. The van der Waals surface area contributed by atoms with E-state index < -0.39 is 0 Å². The fraction of sp³-hybridized carbons (Fsp3) is 0.667. The van der Waals surface area contributed by atoms with Crippen molar-refractivity contribution in [2.75, 3.05) is 13.1 Å². The van der Waals surface area contributed by atoms with Crippen LogP contribution >= 0.6 is 35.3 Å². The van der Waals surface area contributed by atoms with Crippen LogP contribution < -0.4 is 5.73 Å². The molecule has 1 aromatic rings. The second kappa shape index (κ2) is 6.01. The van der Waals surface area contributed by atoms with Gasteiger partial charge in [0.15, 0.2) is 0 Å². The molecule has 1 aliphatic heterocycles. The smallest absolute Gasteiger partial charge is 0.113 e. The van der Waals surface area contributed by atoms with Crippen molar-refractivity contribution in [2.45, 2.75) is 25.4 Å². The van der Waals surface area contributed by atoms with Crippen LogP contribution in [0.15, 0.2) is 6.20 Å². The van der Waals surface area contributed by atoms with Crippen molar-refractivity contribution in [3.8, 4) is 0 Å². The Hall–Kier alpha value is 0.130. The number of nitrogens with two attached hydrogens (primary N) is 1. The predicted octanol–water partition coefficient (Wildman–Crippen LogP) is 2.14. The summed E-state index contributed by atoms with van der Waals surface area (Å²) in [6, 6.07) is 0.333. The summed E-state index contributed by atoms with van der Waals surface area (Å²) in [6.45, 7) is 3.01. The number of rotatable bonds is 2. The lowest BCUT2D eigenvalue weighted by Gasteiger charge is -2.29. The van der Waals surface area contributed by atoms with Gasteiger partial charge in [0.1, 0.15) is 9.34 Å². The van der Waals surface area contributed by atoms with E-state index in [1.807, 2.05) is 0 Å². The minimum absolute atomic E-state index is 0. The molecule has 3 nitrogen and oxygen atoms in total. The molecule has 2 rings (SSSR count). The quantitative estimate of drug-likeness (QED) is 0.893. The van der Waals surface area contributed by atoms with E-state index in [1.54, 1.807) is 17.5 Å². The summed E-state index contributed by atoms with van der Waals surface area (Å²) in [5.41, 5.74) is 5.90. The Bertz CT molecular complexity index is 305. The Morgan fingerprint density at radius 3 is 3.07 bits per heavy atom. The molecule has 1 fully saturated rings. The van der Waals surface area contributed by atoms with Crippen LogP contribution in [0, 0.1) is 0 Å². The molecule has 1 aliphatic rings. The first-order chi connectivity index (χ1) is 6.74. The highest BCUT2D eigenvalue weighted by atomic mass is 35.5. The van der Waals surface area contributed by atoms with Crippen molar-refractivity contribution in [3.05, 3.63) is 15.5 Å². The van der Waals surface area contributed by atoms with Crippen LogP contribution in [0.25, 0.3) is 0 Å². The first-order valence-corrected chi connectivity index (χ1v) is 6.01. The van der Waals surface area contributed by atoms with E-state index in [9.17, 15) is 0 Å². The third-order valence-corrected chi connectivity index (χ3v) is 3.53. The van der Waals surface area contributed by atoms with Gasteiger partial charge in [-0.05, 0) is 19.4 Å². The number of aromatic nitrogens is 1. The summed E-state index contributed by atoms with van der Waals surface area (Å²) in [4.78, 5) is 6.59. The van der Waals surface area contributed by atoms with E-state index >= 15 is 0 Å². The zero-order chi connectivity index (χ0) is 9.97. The maximum absolute atomic E-state index is 5.90. The van der Waals surface area contributed by atoms with Crippen LogP contribution in [0.5, 0.6) is 0 Å². The third kappa shape index (κ3) is 3.89. The van der Waals surface area contributed by atoms with Gasteiger partial charge in [0.05, 0.1) is 12.7 Å².